The van der Waals surface area contributed by atoms with Crippen molar-refractivity contribution in [3.05, 3.63) is 35.9 Å². The highest BCUT2D eigenvalue weighted by Crippen LogP contribution is 2.26. The SMILES string of the molecule is CC[C@]1(C)NC(=O)[C@H](CCCCCCC(=O)O)NC(=O)[C@H]2C[C@H](C)CN2C(=O)[C@H](Cc2ccccc2)NC1=O. The highest BCUT2D eigenvalue weighted by Gasteiger charge is 2.44. The number of aliphatic carboxylic acids is 1. The number of benzene rings is 1. The summed E-state index contributed by atoms with van der Waals surface area (Å²) in [6, 6.07) is 6.90. The van der Waals surface area contributed by atoms with E-state index in [-0.39, 0.29) is 37.0 Å². The van der Waals surface area contributed by atoms with Crippen LogP contribution in [0.2, 0.25) is 0 Å². The predicted molar refractivity (Wildman–Crippen MR) is 145 cm³/mol. The Kier molecular flexibility index (Phi) is 10.5. The summed E-state index contributed by atoms with van der Waals surface area (Å²) in [7, 11) is 0. The van der Waals surface area contributed by atoms with Crippen molar-refractivity contribution in [2.24, 2.45) is 5.92 Å². The van der Waals surface area contributed by atoms with Gasteiger partial charge >= 0.3 is 5.97 Å². The standard InChI is InChI=1S/C29H42N4O6/c1-4-29(3)28(39)31-22(17-20-12-8-7-9-13-20)27(38)33-18-19(2)16-23(33)26(37)30-21(25(36)32-29)14-10-5-6-11-15-24(34)35/h7-9,12-13,19,21-23H,4-6,10-11,14-18H2,1-3H3,(H,30,37)(H,31,39)(H,32,36)(H,34,35)/t19-,21-,22-,23+,29-/m0/s1. The molecule has 4 N–H and O–H groups in total. The van der Waals surface area contributed by atoms with Gasteiger partial charge in [-0.2, -0.15) is 0 Å². The molecule has 0 aromatic heterocycles. The number of unbranched alkanes of at least 4 members (excludes halogenated alkanes) is 3. The molecule has 4 amide bonds. The topological polar surface area (TPSA) is 145 Å². The molecule has 3 rings (SSSR count). The summed E-state index contributed by atoms with van der Waals surface area (Å²) in [5.74, 6) is -2.33. The highest BCUT2D eigenvalue weighted by molar-refractivity contribution is 5.99. The van der Waals surface area contributed by atoms with Crippen molar-refractivity contribution in [2.45, 2.75) is 102 Å². The lowest BCUT2D eigenvalue weighted by Crippen LogP contribution is -2.65. The third-order valence-electron chi connectivity index (χ3n) is 7.86. The minimum atomic E-state index is -1.28. The van der Waals surface area contributed by atoms with E-state index >= 15 is 0 Å². The van der Waals surface area contributed by atoms with E-state index in [1.807, 2.05) is 37.3 Å². The summed E-state index contributed by atoms with van der Waals surface area (Å²) in [5, 5.41) is 17.5. The maximum Gasteiger partial charge on any atom is 0.303 e. The summed E-state index contributed by atoms with van der Waals surface area (Å²) in [5.41, 5.74) is -0.407. The van der Waals surface area contributed by atoms with Gasteiger partial charge in [-0.15, -0.1) is 0 Å². The number of hydrogen-bond acceptors (Lipinski definition) is 5. The molecule has 2 aliphatic heterocycles. The van der Waals surface area contributed by atoms with E-state index in [0.717, 1.165) is 5.56 Å². The lowest BCUT2D eigenvalue weighted by atomic mass is 9.94. The van der Waals surface area contributed by atoms with E-state index in [0.29, 0.717) is 45.1 Å². The third-order valence-corrected chi connectivity index (χ3v) is 7.86. The molecule has 0 unspecified atom stereocenters. The van der Waals surface area contributed by atoms with Crippen molar-refractivity contribution >= 4 is 29.6 Å². The summed E-state index contributed by atoms with van der Waals surface area (Å²) in [4.78, 5) is 66.6. The van der Waals surface area contributed by atoms with Crippen LogP contribution in [0.4, 0.5) is 0 Å². The van der Waals surface area contributed by atoms with Gasteiger partial charge in [0.15, 0.2) is 0 Å². The molecular formula is C29H42N4O6. The van der Waals surface area contributed by atoms with Gasteiger partial charge in [0.05, 0.1) is 0 Å². The van der Waals surface area contributed by atoms with Crippen LogP contribution in [-0.4, -0.2) is 69.8 Å². The Morgan fingerprint density at radius 1 is 1.00 bits per heavy atom. The molecule has 2 heterocycles. The zero-order chi connectivity index (χ0) is 28.6. The van der Waals surface area contributed by atoms with Crippen LogP contribution in [0.15, 0.2) is 30.3 Å². The van der Waals surface area contributed by atoms with Gasteiger partial charge in [-0.3, -0.25) is 24.0 Å². The number of nitrogens with one attached hydrogen (secondary N) is 3. The van der Waals surface area contributed by atoms with Gasteiger partial charge < -0.3 is 26.0 Å². The summed E-state index contributed by atoms with van der Waals surface area (Å²) >= 11 is 0. The molecule has 2 fully saturated rings. The van der Waals surface area contributed by atoms with Crippen LogP contribution >= 0.6 is 0 Å². The number of amides is 4. The van der Waals surface area contributed by atoms with E-state index in [4.69, 9.17) is 5.11 Å². The second-order valence-electron chi connectivity index (χ2n) is 11.1. The molecule has 2 aliphatic rings. The van der Waals surface area contributed by atoms with E-state index in [9.17, 15) is 24.0 Å². The molecule has 2 saturated heterocycles. The van der Waals surface area contributed by atoms with Crippen LogP contribution in [0.3, 0.4) is 0 Å². The lowest BCUT2D eigenvalue weighted by molar-refractivity contribution is -0.144. The average Bonchev–Trinajstić information content (AvgIpc) is 3.30. The first-order valence-electron chi connectivity index (χ1n) is 14.0. The Labute approximate surface area is 230 Å². The number of hydrogen-bond donors (Lipinski definition) is 4. The summed E-state index contributed by atoms with van der Waals surface area (Å²) in [6.07, 6.45) is 4.04. The normalized spacial score (nSPS) is 28.0. The Balaban J connectivity index is 1.85. The van der Waals surface area contributed by atoms with Crippen LogP contribution in [-0.2, 0) is 30.4 Å². The summed E-state index contributed by atoms with van der Waals surface area (Å²) < 4.78 is 0. The molecule has 10 nitrogen and oxygen atoms in total. The van der Waals surface area contributed by atoms with Gasteiger partial charge in [0.2, 0.25) is 23.6 Å². The van der Waals surface area contributed by atoms with Gasteiger partial charge in [-0.05, 0) is 44.1 Å². The highest BCUT2D eigenvalue weighted by atomic mass is 16.4. The fourth-order valence-electron chi connectivity index (χ4n) is 5.29. The van der Waals surface area contributed by atoms with Crippen molar-refractivity contribution in [3.8, 4) is 0 Å². The van der Waals surface area contributed by atoms with E-state index in [1.165, 1.54) is 0 Å². The fraction of sp³-hybridized carbons (Fsp3) is 0.621. The molecule has 214 valence electrons. The number of carboxylic acids is 1. The van der Waals surface area contributed by atoms with Crippen LogP contribution in [0.25, 0.3) is 0 Å². The maximum atomic E-state index is 13.9. The molecule has 39 heavy (non-hydrogen) atoms. The molecule has 0 spiro atoms. The molecule has 5 atom stereocenters. The molecule has 1 aromatic carbocycles. The number of rotatable bonds is 10. The van der Waals surface area contributed by atoms with E-state index in [2.05, 4.69) is 16.0 Å². The zero-order valence-corrected chi connectivity index (χ0v) is 23.2. The first-order chi connectivity index (χ1) is 18.5. The Morgan fingerprint density at radius 3 is 2.36 bits per heavy atom. The van der Waals surface area contributed by atoms with Crippen LogP contribution < -0.4 is 16.0 Å². The predicted octanol–water partition coefficient (Wildman–Crippen LogP) is 2.16. The Hall–Kier alpha value is -3.43. The number of carbonyl (C=O) groups excluding carboxylic acids is 4. The molecule has 0 bridgehead atoms. The first kappa shape index (κ1) is 30.1. The van der Waals surface area contributed by atoms with Crippen molar-refractivity contribution < 1.29 is 29.1 Å². The van der Waals surface area contributed by atoms with Crippen LogP contribution in [0.1, 0.15) is 77.7 Å². The van der Waals surface area contributed by atoms with Crippen LogP contribution in [0.5, 0.6) is 0 Å². The third kappa shape index (κ3) is 8.03. The second kappa shape index (κ2) is 13.6. The van der Waals surface area contributed by atoms with Gasteiger partial charge in [0.25, 0.3) is 0 Å². The molecule has 10 heteroatoms. The first-order valence-corrected chi connectivity index (χ1v) is 14.0. The molecule has 0 aliphatic carbocycles. The minimum Gasteiger partial charge on any atom is -0.481 e. The van der Waals surface area contributed by atoms with Gasteiger partial charge in [-0.25, -0.2) is 0 Å². The quantitative estimate of drug-likeness (QED) is 0.334. The molecule has 1 aromatic rings. The van der Waals surface area contributed by atoms with Gasteiger partial charge in [-0.1, -0.05) is 63.4 Å². The van der Waals surface area contributed by atoms with Crippen molar-refractivity contribution in [1.29, 1.82) is 0 Å². The monoisotopic (exact) mass is 542 g/mol. The molecule has 0 saturated carbocycles. The van der Waals surface area contributed by atoms with Crippen molar-refractivity contribution in [1.82, 2.24) is 20.9 Å². The van der Waals surface area contributed by atoms with Crippen molar-refractivity contribution in [2.75, 3.05) is 6.54 Å². The van der Waals surface area contributed by atoms with E-state index < -0.39 is 41.4 Å². The Morgan fingerprint density at radius 2 is 1.69 bits per heavy atom. The lowest BCUT2D eigenvalue weighted by Gasteiger charge is -2.36. The molecule has 0 radical (unpaired) electrons. The summed E-state index contributed by atoms with van der Waals surface area (Å²) in [6.45, 7) is 5.78. The van der Waals surface area contributed by atoms with Gasteiger partial charge in [0.1, 0.15) is 23.7 Å². The van der Waals surface area contributed by atoms with E-state index in [1.54, 1.807) is 18.7 Å². The second-order valence-corrected chi connectivity index (χ2v) is 11.1. The smallest absolute Gasteiger partial charge is 0.303 e. The minimum absolute atomic E-state index is 0.0883. The Bertz CT molecular complexity index is 1050. The number of carboxylic acid groups (broad SMARTS) is 1. The largest absolute Gasteiger partial charge is 0.481 e. The average molecular weight is 543 g/mol. The van der Waals surface area contributed by atoms with Crippen molar-refractivity contribution in [3.63, 3.8) is 0 Å². The zero-order valence-electron chi connectivity index (χ0n) is 23.2. The number of fused-ring (bicyclic) bond motifs is 1. The van der Waals surface area contributed by atoms with Crippen LogP contribution in [0, 0.1) is 5.92 Å². The number of carbonyl (C=O) groups is 5. The number of nitrogens with zero attached hydrogens (tertiary/aromatic N) is 1. The maximum absolute atomic E-state index is 13.9. The fourth-order valence-corrected chi connectivity index (χ4v) is 5.29. The molecular weight excluding hydrogens is 500 g/mol. The van der Waals surface area contributed by atoms with Gasteiger partial charge in [0, 0.05) is 19.4 Å².